The van der Waals surface area contributed by atoms with E-state index in [4.69, 9.17) is 5.11 Å². The molecule has 0 bridgehead atoms. The molecule has 0 aromatic heterocycles. The molecule has 2 aromatic carbocycles. The number of hydrogen-bond acceptors (Lipinski definition) is 5. The fraction of sp³-hybridized carbons (Fsp3) is 0.333. The highest BCUT2D eigenvalue weighted by Gasteiger charge is 2.26. The normalized spacial score (nSPS) is 13.2. The van der Waals surface area contributed by atoms with E-state index in [9.17, 15) is 9.59 Å². The summed E-state index contributed by atoms with van der Waals surface area (Å²) >= 11 is 5.40. The second-order valence-corrected chi connectivity index (χ2v) is 8.40. The average Bonchev–Trinajstić information content (AvgIpc) is 3.58. The van der Waals surface area contributed by atoms with Crippen molar-refractivity contribution in [3.63, 3.8) is 0 Å². The number of amidine groups is 1. The van der Waals surface area contributed by atoms with E-state index < -0.39 is 5.97 Å². The number of hydrogen-bond donors (Lipinski definition) is 2. The van der Waals surface area contributed by atoms with E-state index >= 15 is 0 Å². The summed E-state index contributed by atoms with van der Waals surface area (Å²) in [7, 11) is 0. The Bertz CT molecular complexity index is 918. The molecule has 9 heteroatoms. The van der Waals surface area contributed by atoms with Crippen molar-refractivity contribution in [3.05, 3.63) is 42.0 Å². The molecule has 7 nitrogen and oxygen atoms in total. The van der Waals surface area contributed by atoms with E-state index in [2.05, 4.69) is 81.1 Å². The number of aliphatic carboxylic acids is 1. The third-order valence-electron chi connectivity index (χ3n) is 4.38. The maximum atomic E-state index is 9.54. The van der Waals surface area contributed by atoms with E-state index in [1.807, 2.05) is 17.1 Å². The summed E-state index contributed by atoms with van der Waals surface area (Å²) in [5, 5.41) is 20.2. The molecule has 3 rings (SSSR count). The van der Waals surface area contributed by atoms with E-state index in [1.165, 1.54) is 29.2 Å². The van der Waals surface area contributed by atoms with Crippen LogP contribution in [0.4, 0.5) is 5.69 Å². The zero-order chi connectivity index (χ0) is 21.9. The second-order valence-electron chi connectivity index (χ2n) is 6.45. The lowest BCUT2D eigenvalue weighted by Crippen LogP contribution is -2.26. The number of carbonyl (C=O) groups excluding carboxylic acids is 1. The van der Waals surface area contributed by atoms with E-state index in [0.29, 0.717) is 11.2 Å². The number of amides is 1. The van der Waals surface area contributed by atoms with E-state index in [-0.39, 0.29) is 6.54 Å². The first kappa shape index (κ1) is 23.9. The minimum absolute atomic E-state index is 0.302. The zero-order valence-electron chi connectivity index (χ0n) is 16.8. The lowest BCUT2D eigenvalue weighted by atomic mass is 9.99. The van der Waals surface area contributed by atoms with Gasteiger partial charge in [-0.2, -0.15) is 5.10 Å². The van der Waals surface area contributed by atoms with Gasteiger partial charge in [0.1, 0.15) is 6.54 Å². The number of carboxylic acids is 1. The number of thioether (sulfide) groups is 1. The van der Waals surface area contributed by atoms with Crippen molar-refractivity contribution < 1.29 is 14.7 Å². The summed E-state index contributed by atoms with van der Waals surface area (Å²) in [6, 6.07) is 13.1. The first-order chi connectivity index (χ1) is 14.5. The summed E-state index contributed by atoms with van der Waals surface area (Å²) in [6.45, 7) is 5.32. The number of halogens is 1. The topological polar surface area (TPSA) is 94.4 Å². The molecule has 1 saturated carbocycles. The van der Waals surface area contributed by atoms with Crippen molar-refractivity contribution in [1.29, 1.82) is 0 Å². The molecule has 0 atom stereocenters. The van der Waals surface area contributed by atoms with Gasteiger partial charge in [-0.3, -0.25) is 9.59 Å². The molecule has 30 heavy (non-hydrogen) atoms. The molecular formula is C21H25BrN4O3S. The van der Waals surface area contributed by atoms with E-state index in [0.717, 1.165) is 23.2 Å². The Morgan fingerprint density at radius 1 is 1.33 bits per heavy atom. The highest BCUT2D eigenvalue weighted by atomic mass is 79.9. The summed E-state index contributed by atoms with van der Waals surface area (Å²) in [5.41, 5.74) is 2.63. The first-order valence-electron chi connectivity index (χ1n) is 9.48. The summed E-state index contributed by atoms with van der Waals surface area (Å²) < 4.78 is 0.692. The van der Waals surface area contributed by atoms with Crippen LogP contribution < -0.4 is 10.2 Å². The zero-order valence-corrected chi connectivity index (χ0v) is 19.2. The van der Waals surface area contributed by atoms with Gasteiger partial charge < -0.3 is 15.3 Å². The Hall–Kier alpha value is -2.39. The number of nitrogens with one attached hydrogen (secondary N) is 1. The molecule has 0 unspecified atom stereocenters. The maximum Gasteiger partial charge on any atom is 0.322 e. The molecule has 0 spiro atoms. The summed E-state index contributed by atoms with van der Waals surface area (Å²) in [5.74, 6) is 1.57. The standard InChI is InChI=1S/C18H20BrN3S.C3H5NO3/c1-3-23-12-22(18(19)21-20-2)17-11-10-14(13-8-9-13)15-6-4-5-7-16(15)17;5-2-4-1-3(6)7/h4-7,10-11,13H,2-3,8-9,12H2,1H3;2H,1H2,(H,4,5)(H,6,7)/b21-18-;. The fourth-order valence-corrected chi connectivity index (χ4v) is 4.16. The molecule has 2 N–H and O–H groups in total. The molecule has 0 radical (unpaired) electrons. The van der Waals surface area contributed by atoms with Crippen LogP contribution in [0, 0.1) is 0 Å². The Kier molecular flexibility index (Phi) is 9.82. The van der Waals surface area contributed by atoms with Crippen LogP contribution in [0.25, 0.3) is 10.8 Å². The molecule has 160 valence electrons. The lowest BCUT2D eigenvalue weighted by Gasteiger charge is -2.24. The predicted octanol–water partition coefficient (Wildman–Crippen LogP) is 4.42. The van der Waals surface area contributed by atoms with Crippen molar-refractivity contribution in [2.24, 2.45) is 10.2 Å². The van der Waals surface area contributed by atoms with Crippen LogP contribution in [0.3, 0.4) is 0 Å². The highest BCUT2D eigenvalue weighted by molar-refractivity contribution is 9.18. The number of benzene rings is 2. The van der Waals surface area contributed by atoms with Crippen LogP contribution in [0.5, 0.6) is 0 Å². The third-order valence-corrected chi connectivity index (χ3v) is 5.82. The van der Waals surface area contributed by atoms with Gasteiger partial charge in [0.25, 0.3) is 0 Å². The summed E-state index contributed by atoms with van der Waals surface area (Å²) in [4.78, 5) is 21.0. The molecule has 0 saturated heterocycles. The lowest BCUT2D eigenvalue weighted by molar-refractivity contribution is -0.136. The minimum Gasteiger partial charge on any atom is -0.480 e. The van der Waals surface area contributed by atoms with Crippen molar-refractivity contribution in [2.75, 3.05) is 23.1 Å². The Balaban J connectivity index is 0.000000396. The Morgan fingerprint density at radius 3 is 2.57 bits per heavy atom. The van der Waals surface area contributed by atoms with Crippen molar-refractivity contribution in [1.82, 2.24) is 5.32 Å². The molecule has 0 aliphatic heterocycles. The van der Waals surface area contributed by atoms with Gasteiger partial charge >= 0.3 is 5.97 Å². The minimum atomic E-state index is -1.04. The maximum absolute atomic E-state index is 9.54. The molecule has 1 amide bonds. The Labute approximate surface area is 188 Å². The molecule has 2 aromatic rings. The van der Waals surface area contributed by atoms with Gasteiger partial charge in [-0.25, -0.2) is 0 Å². The molecule has 1 fully saturated rings. The number of carboxylic acid groups (broad SMARTS) is 1. The molecule has 0 heterocycles. The highest BCUT2D eigenvalue weighted by Crippen LogP contribution is 2.45. The first-order valence-corrected chi connectivity index (χ1v) is 11.4. The second kappa shape index (κ2) is 12.3. The molecule has 1 aliphatic carbocycles. The van der Waals surface area contributed by atoms with Crippen LogP contribution in [0.1, 0.15) is 31.2 Å². The Morgan fingerprint density at radius 2 is 2.03 bits per heavy atom. The van der Waals surface area contributed by atoms with Gasteiger partial charge in [-0.15, -0.1) is 16.9 Å². The summed E-state index contributed by atoms with van der Waals surface area (Å²) in [6.07, 6.45) is 2.96. The largest absolute Gasteiger partial charge is 0.480 e. The number of nitrogens with zero attached hydrogens (tertiary/aromatic N) is 3. The van der Waals surface area contributed by atoms with Crippen molar-refractivity contribution in [2.45, 2.75) is 25.7 Å². The quantitative estimate of drug-likeness (QED) is 0.135. The van der Waals surface area contributed by atoms with Crippen molar-refractivity contribution in [3.8, 4) is 0 Å². The molecule has 1 aliphatic rings. The van der Waals surface area contributed by atoms with Crippen molar-refractivity contribution >= 4 is 68.0 Å². The van der Waals surface area contributed by atoms with Gasteiger partial charge in [0.05, 0.1) is 11.6 Å². The number of anilines is 1. The van der Waals surface area contributed by atoms with Gasteiger partial charge in [0.2, 0.25) is 6.41 Å². The molecular weight excluding hydrogens is 468 g/mol. The van der Waals surface area contributed by atoms with Crippen LogP contribution in [-0.2, 0) is 9.59 Å². The van der Waals surface area contributed by atoms with Gasteiger partial charge in [0, 0.05) is 12.1 Å². The van der Waals surface area contributed by atoms with Crippen LogP contribution in [0.15, 0.2) is 46.6 Å². The number of fused-ring (bicyclic) bond motifs is 1. The van der Waals surface area contributed by atoms with E-state index in [1.54, 1.807) is 0 Å². The monoisotopic (exact) mass is 492 g/mol. The number of rotatable bonds is 9. The van der Waals surface area contributed by atoms with Gasteiger partial charge in [-0.1, -0.05) is 37.3 Å². The van der Waals surface area contributed by atoms with Gasteiger partial charge in [0.15, 0.2) is 4.74 Å². The van der Waals surface area contributed by atoms with Crippen LogP contribution in [-0.4, -0.2) is 47.1 Å². The van der Waals surface area contributed by atoms with Gasteiger partial charge in [-0.05, 0) is 57.5 Å². The predicted molar refractivity (Wildman–Crippen MR) is 129 cm³/mol. The van der Waals surface area contributed by atoms with Crippen LogP contribution >= 0.6 is 27.7 Å². The van der Waals surface area contributed by atoms with Crippen LogP contribution in [0.2, 0.25) is 0 Å². The smallest absolute Gasteiger partial charge is 0.322 e. The average molecular weight is 493 g/mol. The third kappa shape index (κ3) is 6.84. The number of carbonyl (C=O) groups is 2. The SMILES string of the molecule is C=N/N=C(/Br)N(CSCC)c1ccc(C2CC2)c2ccccc12.O=CNCC(=O)O. The fourth-order valence-electron chi connectivity index (χ4n) is 2.94.